The summed E-state index contributed by atoms with van der Waals surface area (Å²) in [6.45, 7) is 11.4. The van der Waals surface area contributed by atoms with Crippen LogP contribution in [0.1, 0.15) is 59.8 Å². The Morgan fingerprint density at radius 1 is 1.28 bits per heavy atom. The highest BCUT2D eigenvalue weighted by molar-refractivity contribution is 5.73. The van der Waals surface area contributed by atoms with Gasteiger partial charge in [-0.15, -0.1) is 0 Å². The Balaban J connectivity index is 1.83. The fourth-order valence-corrected chi connectivity index (χ4v) is 6.55. The molecule has 1 aliphatic carbocycles. The van der Waals surface area contributed by atoms with Crippen molar-refractivity contribution in [2.24, 2.45) is 23.7 Å². The maximum absolute atomic E-state index is 12.9. The molecule has 0 aromatic heterocycles. The molecule has 1 N–H and O–H groups in total. The van der Waals surface area contributed by atoms with Crippen LogP contribution in [-0.2, 0) is 28.7 Å². The number of carbonyl (C=O) groups is 2. The summed E-state index contributed by atoms with van der Waals surface area (Å²) in [5.41, 5.74) is -0.782. The molecule has 0 amide bonds. The number of fused-ring (bicyclic) bond motifs is 2. The quantitative estimate of drug-likeness (QED) is 0.324. The maximum Gasteiger partial charge on any atom is 0.309 e. The Labute approximate surface area is 171 Å². The van der Waals surface area contributed by atoms with Crippen LogP contribution < -0.4 is 0 Å². The molecule has 9 atom stereocenters. The van der Waals surface area contributed by atoms with Crippen molar-refractivity contribution in [3.63, 3.8) is 0 Å². The first-order chi connectivity index (χ1) is 13.6. The normalized spacial score (nSPS) is 49.3. The minimum Gasteiger partial charge on any atom is -0.459 e. The predicted octanol–water partition coefficient (Wildman–Crippen LogP) is 3.27. The van der Waals surface area contributed by atoms with Crippen molar-refractivity contribution in [2.45, 2.75) is 89.3 Å². The third kappa shape index (κ3) is 3.22. The van der Waals surface area contributed by atoms with E-state index in [0.717, 1.165) is 12.0 Å². The summed E-state index contributed by atoms with van der Waals surface area (Å²) in [5.74, 6) is -0.686. The molecule has 0 aromatic rings. The van der Waals surface area contributed by atoms with Gasteiger partial charge in [-0.2, -0.15) is 0 Å². The van der Waals surface area contributed by atoms with Crippen molar-refractivity contribution >= 4 is 11.9 Å². The van der Waals surface area contributed by atoms with Crippen molar-refractivity contribution in [2.75, 3.05) is 0 Å². The van der Waals surface area contributed by atoms with E-state index in [-0.39, 0.29) is 47.8 Å². The molecule has 0 aromatic carbocycles. The first kappa shape index (κ1) is 20.8. The number of rotatable bonds is 2. The molecule has 4 aliphatic rings. The van der Waals surface area contributed by atoms with Crippen LogP contribution in [-0.4, -0.2) is 46.7 Å². The van der Waals surface area contributed by atoms with E-state index in [1.807, 2.05) is 20.8 Å². The molecule has 7 nitrogen and oxygen atoms in total. The Morgan fingerprint density at radius 3 is 2.66 bits per heavy atom. The zero-order valence-corrected chi connectivity index (χ0v) is 17.7. The average Bonchev–Trinajstić information content (AvgIpc) is 3.00. The third-order valence-electron chi connectivity index (χ3n) is 7.94. The molecule has 1 saturated carbocycles. The summed E-state index contributed by atoms with van der Waals surface area (Å²) < 4.78 is 18.6. The molecule has 29 heavy (non-hydrogen) atoms. The lowest BCUT2D eigenvalue weighted by molar-refractivity contribution is -0.272. The van der Waals surface area contributed by atoms with Gasteiger partial charge in [0, 0.05) is 18.8 Å². The summed E-state index contributed by atoms with van der Waals surface area (Å²) in [4.78, 5) is 29.6. The highest BCUT2D eigenvalue weighted by Gasteiger charge is 2.66. The summed E-state index contributed by atoms with van der Waals surface area (Å²) in [7, 11) is 0. The first-order valence-electron chi connectivity index (χ1n) is 10.7. The van der Waals surface area contributed by atoms with Gasteiger partial charge < -0.3 is 14.2 Å². The molecule has 7 heteroatoms. The van der Waals surface area contributed by atoms with E-state index in [2.05, 4.69) is 6.58 Å². The van der Waals surface area contributed by atoms with Crippen molar-refractivity contribution in [3.05, 3.63) is 12.2 Å². The van der Waals surface area contributed by atoms with E-state index in [4.69, 9.17) is 19.1 Å². The Hall–Kier alpha value is -1.44. The SMILES string of the molecule is C=C1CC2OC3[C@H]4C(CC[C@@](C)(OC(C)=O)[C@@H]24)[C@@H](C)C(=O)O[C@@]3(C)CC[C@H]1OO. The molecule has 3 aliphatic heterocycles. The summed E-state index contributed by atoms with van der Waals surface area (Å²) in [5, 5.41) is 9.42. The molecule has 162 valence electrons. The van der Waals surface area contributed by atoms with Crippen LogP contribution in [0.3, 0.4) is 0 Å². The summed E-state index contributed by atoms with van der Waals surface area (Å²) in [6, 6.07) is 0. The van der Waals surface area contributed by atoms with Crippen LogP contribution in [0.2, 0.25) is 0 Å². The maximum atomic E-state index is 12.9. The van der Waals surface area contributed by atoms with Crippen molar-refractivity contribution in [3.8, 4) is 0 Å². The molecule has 2 bridgehead atoms. The number of ether oxygens (including phenoxy) is 3. The van der Waals surface area contributed by atoms with E-state index in [1.54, 1.807) is 0 Å². The standard InChI is InChI=1S/C22H32O7/c1-11-10-16-18-17-14(6-8-21(18,4)27-13(3)23)12(2)20(24)28-22(5,19(17)26-16)9-7-15(11)29-25/h12,14-19,25H,1,6-10H2,2-5H3/t12-,14?,15-,16?,17+,18+,19?,21-,22+/m1/s1. The Kier molecular flexibility index (Phi) is 5.07. The fraction of sp³-hybridized carbons (Fsp3) is 0.818. The second kappa shape index (κ2) is 7.06. The molecule has 0 spiro atoms. The Bertz CT molecular complexity index is 720. The van der Waals surface area contributed by atoms with E-state index < -0.39 is 17.3 Å². The van der Waals surface area contributed by atoms with Gasteiger partial charge in [-0.25, -0.2) is 4.89 Å². The molecule has 3 heterocycles. The molecule has 4 rings (SSSR count). The van der Waals surface area contributed by atoms with Gasteiger partial charge in [0.25, 0.3) is 0 Å². The van der Waals surface area contributed by atoms with E-state index in [9.17, 15) is 14.8 Å². The van der Waals surface area contributed by atoms with E-state index >= 15 is 0 Å². The zero-order chi connectivity index (χ0) is 21.1. The van der Waals surface area contributed by atoms with Crippen LogP contribution >= 0.6 is 0 Å². The highest BCUT2D eigenvalue weighted by Crippen LogP contribution is 2.59. The zero-order valence-electron chi connectivity index (χ0n) is 17.7. The summed E-state index contributed by atoms with van der Waals surface area (Å²) >= 11 is 0. The average molecular weight is 408 g/mol. The first-order valence-corrected chi connectivity index (χ1v) is 10.7. The monoisotopic (exact) mass is 408 g/mol. The van der Waals surface area contributed by atoms with Gasteiger partial charge in [-0.3, -0.25) is 14.8 Å². The topological polar surface area (TPSA) is 91.3 Å². The van der Waals surface area contributed by atoms with Gasteiger partial charge in [-0.1, -0.05) is 13.5 Å². The van der Waals surface area contributed by atoms with Crippen LogP contribution in [0, 0.1) is 23.7 Å². The van der Waals surface area contributed by atoms with E-state index in [1.165, 1.54) is 6.92 Å². The molecule has 3 unspecified atom stereocenters. The van der Waals surface area contributed by atoms with Gasteiger partial charge in [0.1, 0.15) is 23.4 Å². The van der Waals surface area contributed by atoms with Crippen LogP contribution in [0.15, 0.2) is 12.2 Å². The Morgan fingerprint density at radius 2 is 2.00 bits per heavy atom. The number of esters is 2. The second-order valence-corrected chi connectivity index (χ2v) is 9.82. The number of hydrogen-bond acceptors (Lipinski definition) is 7. The van der Waals surface area contributed by atoms with Gasteiger partial charge in [0.05, 0.1) is 12.0 Å². The lowest BCUT2D eigenvalue weighted by Crippen LogP contribution is -2.54. The predicted molar refractivity (Wildman–Crippen MR) is 103 cm³/mol. The smallest absolute Gasteiger partial charge is 0.309 e. The summed E-state index contributed by atoms with van der Waals surface area (Å²) in [6.07, 6.45) is 1.85. The van der Waals surface area contributed by atoms with Crippen molar-refractivity contribution in [1.29, 1.82) is 0 Å². The minimum absolute atomic E-state index is 0.0453. The van der Waals surface area contributed by atoms with Gasteiger partial charge in [0.15, 0.2) is 0 Å². The third-order valence-corrected chi connectivity index (χ3v) is 7.94. The second-order valence-electron chi connectivity index (χ2n) is 9.82. The molecule has 3 saturated heterocycles. The van der Waals surface area contributed by atoms with Crippen molar-refractivity contribution in [1.82, 2.24) is 0 Å². The molecule has 4 fully saturated rings. The van der Waals surface area contributed by atoms with Gasteiger partial charge in [-0.05, 0) is 57.4 Å². The van der Waals surface area contributed by atoms with Crippen LogP contribution in [0.4, 0.5) is 0 Å². The molecular weight excluding hydrogens is 376 g/mol. The minimum atomic E-state index is -0.840. The largest absolute Gasteiger partial charge is 0.459 e. The van der Waals surface area contributed by atoms with Gasteiger partial charge in [0.2, 0.25) is 0 Å². The number of carbonyl (C=O) groups excluding carboxylic acids is 2. The molecular formula is C22H32O7. The number of hydrogen-bond donors (Lipinski definition) is 1. The highest BCUT2D eigenvalue weighted by atomic mass is 17.1. The lowest BCUT2D eigenvalue weighted by Gasteiger charge is -2.48. The lowest BCUT2D eigenvalue weighted by atomic mass is 9.58. The van der Waals surface area contributed by atoms with Crippen LogP contribution in [0.25, 0.3) is 0 Å². The molecule has 0 radical (unpaired) electrons. The van der Waals surface area contributed by atoms with Crippen LogP contribution in [0.5, 0.6) is 0 Å². The van der Waals surface area contributed by atoms with Gasteiger partial charge >= 0.3 is 11.9 Å². The van der Waals surface area contributed by atoms with E-state index in [0.29, 0.717) is 25.7 Å². The van der Waals surface area contributed by atoms with Crippen molar-refractivity contribution < 1.29 is 33.9 Å². The fourth-order valence-electron chi connectivity index (χ4n) is 6.55.